The largest absolute Gasteiger partial charge is 0.364 e. The van der Waals surface area contributed by atoms with Gasteiger partial charge >= 0.3 is 0 Å². The minimum atomic E-state index is -0.0144. The van der Waals surface area contributed by atoms with Crippen molar-refractivity contribution in [1.29, 1.82) is 0 Å². The number of hydrogen-bond donors (Lipinski definition) is 0. The molecule has 1 aliphatic carbocycles. The third-order valence-corrected chi connectivity index (χ3v) is 7.52. The number of halogens is 1. The van der Waals surface area contributed by atoms with Crippen LogP contribution in [0.1, 0.15) is 99.5 Å². The highest BCUT2D eigenvalue weighted by Gasteiger charge is 2.32. The van der Waals surface area contributed by atoms with Gasteiger partial charge in [0.25, 0.3) is 0 Å². The lowest BCUT2D eigenvalue weighted by atomic mass is 9.71. The Morgan fingerprint density at radius 2 is 1.53 bits per heavy atom. The molecule has 2 heteroatoms. The van der Waals surface area contributed by atoms with E-state index in [1.54, 1.807) is 6.08 Å². The minimum absolute atomic E-state index is 0.00786. The zero-order chi connectivity index (χ0) is 24.1. The van der Waals surface area contributed by atoms with Gasteiger partial charge in [0.15, 0.2) is 0 Å². The average molecular weight is 442 g/mol. The molecule has 0 aromatic heterocycles. The third-order valence-electron chi connectivity index (χ3n) is 7.52. The molecule has 0 bridgehead atoms. The van der Waals surface area contributed by atoms with Crippen molar-refractivity contribution in [3.8, 4) is 0 Å². The Balaban J connectivity index is 2.25. The summed E-state index contributed by atoms with van der Waals surface area (Å²) in [4.78, 5) is 2.49. The third kappa shape index (κ3) is 7.22. The fourth-order valence-corrected chi connectivity index (χ4v) is 5.09. The van der Waals surface area contributed by atoms with Crippen molar-refractivity contribution < 1.29 is 4.39 Å². The highest BCUT2D eigenvalue weighted by Crippen LogP contribution is 2.40. The maximum Gasteiger partial charge on any atom is 0.103 e. The van der Waals surface area contributed by atoms with Gasteiger partial charge in [-0.05, 0) is 84.6 Å². The van der Waals surface area contributed by atoms with Crippen LogP contribution < -0.4 is 4.90 Å². The van der Waals surface area contributed by atoms with Gasteiger partial charge in [-0.15, -0.1) is 0 Å². The SMILES string of the molecule is C=C(/C=C(/F)C(CC)CC)CN(c1ccc(C(C)(C)C)cc1)C1CCC(C(C)(C)C)CC1. The van der Waals surface area contributed by atoms with Crippen molar-refractivity contribution >= 4 is 5.69 Å². The standard InChI is InChI=1S/C30H48FN/c1-10-23(11-2)28(31)20-22(3)21-32(26-16-12-24(13-17-26)29(4,5)6)27-18-14-25(15-19-27)30(7,8)9/h12-13,16-17,20,23,25,27H,3,10-11,14-15,18-19,21H2,1-2,4-9H3/b28-20+. The molecule has 0 aliphatic heterocycles. The molecule has 0 N–H and O–H groups in total. The molecule has 1 aromatic carbocycles. The average Bonchev–Trinajstić information content (AvgIpc) is 2.72. The number of allylic oxidation sites excluding steroid dienone is 1. The molecule has 0 saturated heterocycles. The van der Waals surface area contributed by atoms with E-state index in [4.69, 9.17) is 0 Å². The van der Waals surface area contributed by atoms with Crippen molar-refractivity contribution in [2.45, 2.75) is 105 Å². The predicted octanol–water partition coefficient (Wildman–Crippen LogP) is 9.24. The van der Waals surface area contributed by atoms with Gasteiger partial charge in [-0.3, -0.25) is 0 Å². The fourth-order valence-electron chi connectivity index (χ4n) is 5.09. The van der Waals surface area contributed by atoms with E-state index in [2.05, 4.69) is 91.1 Å². The first-order valence-corrected chi connectivity index (χ1v) is 12.8. The molecule has 2 rings (SSSR count). The van der Waals surface area contributed by atoms with E-state index in [9.17, 15) is 4.39 Å². The van der Waals surface area contributed by atoms with Gasteiger partial charge in [-0.1, -0.05) is 74.1 Å². The van der Waals surface area contributed by atoms with Gasteiger partial charge in [0.2, 0.25) is 0 Å². The molecule has 0 amide bonds. The first-order valence-electron chi connectivity index (χ1n) is 12.8. The highest BCUT2D eigenvalue weighted by atomic mass is 19.1. The van der Waals surface area contributed by atoms with Gasteiger partial charge < -0.3 is 4.90 Å². The molecule has 0 radical (unpaired) electrons. The lowest BCUT2D eigenvalue weighted by molar-refractivity contribution is 0.168. The van der Waals surface area contributed by atoms with Crippen molar-refractivity contribution in [2.24, 2.45) is 17.3 Å². The molecule has 1 fully saturated rings. The summed E-state index contributed by atoms with van der Waals surface area (Å²) in [5.74, 6) is 0.771. The van der Waals surface area contributed by atoms with Crippen LogP contribution in [0.3, 0.4) is 0 Å². The minimum Gasteiger partial charge on any atom is -0.364 e. The van der Waals surface area contributed by atoms with E-state index in [-0.39, 0.29) is 17.2 Å². The molecule has 0 atom stereocenters. The van der Waals surface area contributed by atoms with Crippen molar-refractivity contribution in [2.75, 3.05) is 11.4 Å². The second-order valence-electron chi connectivity index (χ2n) is 12.0. The molecule has 1 nitrogen and oxygen atoms in total. The molecule has 0 spiro atoms. The maximum absolute atomic E-state index is 14.8. The van der Waals surface area contributed by atoms with Crippen LogP contribution in [-0.4, -0.2) is 12.6 Å². The van der Waals surface area contributed by atoms with E-state index >= 15 is 0 Å². The number of anilines is 1. The Bertz CT molecular complexity index is 748. The van der Waals surface area contributed by atoms with Crippen LogP contribution in [0.5, 0.6) is 0 Å². The predicted molar refractivity (Wildman–Crippen MR) is 140 cm³/mol. The summed E-state index contributed by atoms with van der Waals surface area (Å²) in [5, 5.41) is 0. The van der Waals surface area contributed by atoms with Crippen LogP contribution in [-0.2, 0) is 5.41 Å². The maximum atomic E-state index is 14.8. The van der Waals surface area contributed by atoms with E-state index in [1.807, 2.05) is 0 Å². The molecule has 1 saturated carbocycles. The molecule has 32 heavy (non-hydrogen) atoms. The number of hydrogen-bond acceptors (Lipinski definition) is 1. The lowest BCUT2D eigenvalue weighted by Gasteiger charge is -2.42. The monoisotopic (exact) mass is 441 g/mol. The smallest absolute Gasteiger partial charge is 0.103 e. The Morgan fingerprint density at radius 3 is 1.97 bits per heavy atom. The number of benzene rings is 1. The van der Waals surface area contributed by atoms with Crippen LogP contribution in [0.15, 0.2) is 48.3 Å². The van der Waals surface area contributed by atoms with Gasteiger partial charge in [-0.2, -0.15) is 0 Å². The number of nitrogens with zero attached hydrogens (tertiary/aromatic N) is 1. The summed E-state index contributed by atoms with van der Waals surface area (Å²) in [5.41, 5.74) is 3.95. The Kier molecular flexibility index (Phi) is 9.20. The molecule has 1 aliphatic rings. The fraction of sp³-hybridized carbons (Fsp3) is 0.667. The van der Waals surface area contributed by atoms with E-state index < -0.39 is 0 Å². The summed E-state index contributed by atoms with van der Waals surface area (Å²) < 4.78 is 14.8. The summed E-state index contributed by atoms with van der Waals surface area (Å²) in [7, 11) is 0. The first kappa shape index (κ1) is 26.7. The molecule has 1 aromatic rings. The summed E-state index contributed by atoms with van der Waals surface area (Å²) in [6, 6.07) is 9.50. The van der Waals surface area contributed by atoms with Crippen LogP contribution in [0.2, 0.25) is 0 Å². The molecule has 0 unspecified atom stereocenters. The Hall–Kier alpha value is -1.57. The van der Waals surface area contributed by atoms with Crippen molar-refractivity contribution in [1.82, 2.24) is 0 Å². The zero-order valence-electron chi connectivity index (χ0n) is 22.1. The lowest BCUT2D eigenvalue weighted by Crippen LogP contribution is -2.41. The van der Waals surface area contributed by atoms with Gasteiger partial charge in [0, 0.05) is 24.2 Å². The van der Waals surface area contributed by atoms with Gasteiger partial charge in [0.1, 0.15) is 5.83 Å². The second-order valence-corrected chi connectivity index (χ2v) is 12.0. The van der Waals surface area contributed by atoms with Crippen LogP contribution in [0, 0.1) is 17.3 Å². The van der Waals surface area contributed by atoms with Crippen molar-refractivity contribution in [3.05, 3.63) is 53.9 Å². The number of rotatable bonds is 8. The van der Waals surface area contributed by atoms with Gasteiger partial charge in [-0.25, -0.2) is 4.39 Å². The second kappa shape index (κ2) is 11.0. The highest BCUT2D eigenvalue weighted by molar-refractivity contribution is 5.51. The van der Waals surface area contributed by atoms with Crippen LogP contribution >= 0.6 is 0 Å². The van der Waals surface area contributed by atoms with Crippen molar-refractivity contribution in [3.63, 3.8) is 0 Å². The zero-order valence-corrected chi connectivity index (χ0v) is 22.1. The Labute approximate surface area is 198 Å². The van der Waals surface area contributed by atoms with E-state index in [0.29, 0.717) is 18.0 Å². The van der Waals surface area contributed by atoms with E-state index in [1.165, 1.54) is 36.9 Å². The van der Waals surface area contributed by atoms with E-state index in [0.717, 1.165) is 24.3 Å². The molecular weight excluding hydrogens is 393 g/mol. The summed E-state index contributed by atoms with van der Waals surface area (Å²) in [6.45, 7) is 22.9. The van der Waals surface area contributed by atoms with Crippen LogP contribution in [0.4, 0.5) is 10.1 Å². The molecule has 180 valence electrons. The normalized spacial score (nSPS) is 20.5. The summed E-state index contributed by atoms with van der Waals surface area (Å²) >= 11 is 0. The first-order chi connectivity index (χ1) is 14.9. The molecular formula is C30H48FN. The Morgan fingerprint density at radius 1 is 1.00 bits per heavy atom. The molecule has 0 heterocycles. The quantitative estimate of drug-likeness (QED) is 0.363. The van der Waals surface area contributed by atoms with Crippen LogP contribution in [0.25, 0.3) is 0 Å². The van der Waals surface area contributed by atoms with Gasteiger partial charge in [0.05, 0.1) is 0 Å². The topological polar surface area (TPSA) is 3.24 Å². The summed E-state index contributed by atoms with van der Waals surface area (Å²) in [6.07, 6.45) is 8.27.